The molecule has 1 aliphatic rings. The number of hydrogen-bond donors (Lipinski definition) is 2. The summed E-state index contributed by atoms with van der Waals surface area (Å²) < 4.78 is 40.8. The van der Waals surface area contributed by atoms with Crippen LogP contribution in [0.25, 0.3) is 0 Å². The van der Waals surface area contributed by atoms with Gasteiger partial charge in [-0.25, -0.2) is 0 Å². The number of halogens is 3. The maximum Gasteiger partial charge on any atom is 0.391 e. The van der Waals surface area contributed by atoms with Gasteiger partial charge in [-0.3, -0.25) is 4.79 Å². The van der Waals surface area contributed by atoms with Crippen LogP contribution >= 0.6 is 0 Å². The van der Waals surface area contributed by atoms with E-state index >= 15 is 0 Å². The van der Waals surface area contributed by atoms with Gasteiger partial charge in [0.15, 0.2) is 0 Å². The fourth-order valence-corrected chi connectivity index (χ4v) is 1.96. The molecule has 0 aliphatic heterocycles. The zero-order chi connectivity index (χ0) is 13.1. The van der Waals surface area contributed by atoms with E-state index in [9.17, 15) is 18.0 Å². The van der Waals surface area contributed by atoms with Gasteiger partial charge >= 0.3 is 6.18 Å². The molecule has 1 fully saturated rings. The zero-order valence-corrected chi connectivity index (χ0v) is 9.43. The summed E-state index contributed by atoms with van der Waals surface area (Å²) in [6.07, 6.45) is -3.72. The molecule has 1 rings (SSSR count). The van der Waals surface area contributed by atoms with Gasteiger partial charge in [0.1, 0.15) is 0 Å². The lowest BCUT2D eigenvalue weighted by Crippen LogP contribution is -2.56. The Bertz CT molecular complexity index is 283. The second-order valence-electron chi connectivity index (χ2n) is 4.47. The van der Waals surface area contributed by atoms with Crippen molar-refractivity contribution in [1.82, 2.24) is 0 Å². The number of ether oxygens (including phenoxy) is 1. The number of rotatable bonds is 4. The Morgan fingerprint density at radius 3 is 2.65 bits per heavy atom. The van der Waals surface area contributed by atoms with E-state index in [1.54, 1.807) is 0 Å². The molecule has 0 heterocycles. The molecule has 0 saturated heterocycles. The molecule has 0 radical (unpaired) electrons. The fourth-order valence-electron chi connectivity index (χ4n) is 1.96. The molecule has 0 aromatic heterocycles. The summed E-state index contributed by atoms with van der Waals surface area (Å²) in [7, 11) is 0. The van der Waals surface area contributed by atoms with E-state index in [0.29, 0.717) is 19.3 Å². The van der Waals surface area contributed by atoms with Gasteiger partial charge in [0.25, 0.3) is 0 Å². The first-order valence-corrected chi connectivity index (χ1v) is 5.50. The lowest BCUT2D eigenvalue weighted by molar-refractivity contribution is -0.152. The molecule has 0 spiro atoms. The van der Waals surface area contributed by atoms with Crippen molar-refractivity contribution in [3.05, 3.63) is 0 Å². The molecule has 1 aliphatic carbocycles. The highest BCUT2D eigenvalue weighted by molar-refractivity contribution is 5.84. The van der Waals surface area contributed by atoms with Crippen LogP contribution in [0.1, 0.15) is 32.1 Å². The number of alkyl halides is 3. The van der Waals surface area contributed by atoms with Crippen LogP contribution in [0, 0.1) is 0 Å². The minimum absolute atomic E-state index is 0.195. The molecular formula is C10H17F3N2O2. The van der Waals surface area contributed by atoms with Crippen LogP contribution in [-0.4, -0.2) is 30.3 Å². The summed E-state index contributed by atoms with van der Waals surface area (Å²) in [5, 5.41) is 0. The Kier molecular flexibility index (Phi) is 4.37. The third-order valence-electron chi connectivity index (χ3n) is 2.97. The average molecular weight is 254 g/mol. The van der Waals surface area contributed by atoms with Gasteiger partial charge in [-0.2, -0.15) is 13.2 Å². The van der Waals surface area contributed by atoms with E-state index in [1.807, 2.05) is 0 Å². The van der Waals surface area contributed by atoms with E-state index in [0.717, 1.165) is 0 Å². The van der Waals surface area contributed by atoms with Crippen molar-refractivity contribution in [1.29, 1.82) is 0 Å². The molecule has 0 aromatic rings. The quantitative estimate of drug-likeness (QED) is 0.788. The number of amides is 1. The second-order valence-corrected chi connectivity index (χ2v) is 4.47. The lowest BCUT2D eigenvalue weighted by Gasteiger charge is -2.35. The monoisotopic (exact) mass is 254 g/mol. The molecule has 17 heavy (non-hydrogen) atoms. The van der Waals surface area contributed by atoms with E-state index < -0.39 is 36.8 Å². The molecular weight excluding hydrogens is 237 g/mol. The summed E-state index contributed by atoms with van der Waals surface area (Å²) in [5.74, 6) is -0.623. The molecule has 100 valence electrons. The van der Waals surface area contributed by atoms with Gasteiger partial charge in [0, 0.05) is 6.42 Å². The molecule has 4 N–H and O–H groups in total. The van der Waals surface area contributed by atoms with Crippen molar-refractivity contribution in [3.8, 4) is 0 Å². The summed E-state index contributed by atoms with van der Waals surface area (Å²) >= 11 is 0. The van der Waals surface area contributed by atoms with Gasteiger partial charge in [0.2, 0.25) is 5.91 Å². The first-order chi connectivity index (χ1) is 7.73. The first kappa shape index (κ1) is 14.2. The Labute approximate surface area is 97.5 Å². The van der Waals surface area contributed by atoms with E-state index in [4.69, 9.17) is 16.2 Å². The van der Waals surface area contributed by atoms with Gasteiger partial charge in [-0.1, -0.05) is 0 Å². The fraction of sp³-hybridized carbons (Fsp3) is 0.900. The van der Waals surface area contributed by atoms with Crippen molar-refractivity contribution in [2.75, 3.05) is 6.61 Å². The van der Waals surface area contributed by atoms with E-state index in [1.165, 1.54) is 0 Å². The van der Waals surface area contributed by atoms with Crippen LogP contribution in [0.3, 0.4) is 0 Å². The third kappa shape index (κ3) is 4.51. The Balaban J connectivity index is 2.38. The molecule has 1 saturated carbocycles. The maximum absolute atomic E-state index is 11.9. The summed E-state index contributed by atoms with van der Waals surface area (Å²) in [5.41, 5.74) is 9.80. The molecule has 2 atom stereocenters. The van der Waals surface area contributed by atoms with Crippen LogP contribution in [0.2, 0.25) is 0 Å². The molecule has 1 amide bonds. The third-order valence-corrected chi connectivity index (χ3v) is 2.97. The van der Waals surface area contributed by atoms with E-state index in [-0.39, 0.29) is 6.42 Å². The first-order valence-electron chi connectivity index (χ1n) is 5.50. The van der Waals surface area contributed by atoms with Gasteiger partial charge in [-0.15, -0.1) is 0 Å². The van der Waals surface area contributed by atoms with Crippen molar-refractivity contribution in [3.63, 3.8) is 0 Å². The Morgan fingerprint density at radius 2 is 2.12 bits per heavy atom. The Hall–Kier alpha value is -0.820. The average Bonchev–Trinajstić information content (AvgIpc) is 2.15. The summed E-state index contributed by atoms with van der Waals surface area (Å²) in [4.78, 5) is 11.1. The number of carbonyl (C=O) groups excluding carboxylic acids is 1. The minimum atomic E-state index is -4.22. The van der Waals surface area contributed by atoms with Crippen LogP contribution in [0.4, 0.5) is 13.2 Å². The predicted molar refractivity (Wildman–Crippen MR) is 55.0 cm³/mol. The van der Waals surface area contributed by atoms with Crippen molar-refractivity contribution < 1.29 is 22.7 Å². The Morgan fingerprint density at radius 1 is 1.47 bits per heavy atom. The van der Waals surface area contributed by atoms with Crippen molar-refractivity contribution >= 4 is 5.91 Å². The molecule has 0 aromatic carbocycles. The summed E-state index contributed by atoms with van der Waals surface area (Å²) in [6.45, 7) is -0.400. The highest BCUT2D eigenvalue weighted by Crippen LogP contribution is 2.29. The predicted octanol–water partition coefficient (Wildman–Crippen LogP) is 1.08. The number of carbonyl (C=O) groups is 1. The number of nitrogens with two attached hydrogens (primary N) is 2. The normalized spacial score (nSPS) is 30.2. The van der Waals surface area contributed by atoms with Crippen LogP contribution in [-0.2, 0) is 9.53 Å². The van der Waals surface area contributed by atoms with E-state index in [2.05, 4.69) is 0 Å². The van der Waals surface area contributed by atoms with Crippen LogP contribution in [0.15, 0.2) is 0 Å². The second kappa shape index (κ2) is 5.22. The lowest BCUT2D eigenvalue weighted by atomic mass is 9.80. The number of primary amides is 1. The molecule has 7 heteroatoms. The van der Waals surface area contributed by atoms with Gasteiger partial charge in [-0.05, 0) is 19.3 Å². The van der Waals surface area contributed by atoms with Gasteiger partial charge < -0.3 is 16.2 Å². The smallest absolute Gasteiger partial charge is 0.378 e. The highest BCUT2D eigenvalue weighted by Gasteiger charge is 2.38. The summed E-state index contributed by atoms with van der Waals surface area (Å²) in [6, 6.07) is 0. The van der Waals surface area contributed by atoms with Gasteiger partial charge in [0.05, 0.1) is 24.7 Å². The SMILES string of the molecule is NC(=O)C1(N)CCCC(OCCC(F)(F)F)C1. The van der Waals surface area contributed by atoms with Crippen molar-refractivity contribution in [2.45, 2.75) is 49.9 Å². The minimum Gasteiger partial charge on any atom is -0.378 e. The largest absolute Gasteiger partial charge is 0.391 e. The van der Waals surface area contributed by atoms with Crippen LogP contribution in [0.5, 0.6) is 0 Å². The topological polar surface area (TPSA) is 78.3 Å². The maximum atomic E-state index is 11.9. The highest BCUT2D eigenvalue weighted by atomic mass is 19.4. The molecule has 2 unspecified atom stereocenters. The van der Waals surface area contributed by atoms with Crippen LogP contribution < -0.4 is 11.5 Å². The zero-order valence-electron chi connectivity index (χ0n) is 9.43. The standard InChI is InChI=1S/C10H17F3N2O2/c11-10(12,13)4-5-17-7-2-1-3-9(15,6-7)8(14)16/h7H,1-6,15H2,(H2,14,16). The van der Waals surface area contributed by atoms with Crippen molar-refractivity contribution in [2.24, 2.45) is 11.5 Å². The molecule has 4 nitrogen and oxygen atoms in total. The molecule has 0 bridgehead atoms. The number of hydrogen-bond acceptors (Lipinski definition) is 3.